The van der Waals surface area contributed by atoms with Gasteiger partial charge in [-0.05, 0) is 12.3 Å². The van der Waals surface area contributed by atoms with Crippen LogP contribution < -0.4 is 4.74 Å². The van der Waals surface area contributed by atoms with E-state index in [1.165, 1.54) is 11.8 Å². The molecule has 0 aromatic heterocycles. The van der Waals surface area contributed by atoms with Gasteiger partial charge in [-0.3, -0.25) is 0 Å². The summed E-state index contributed by atoms with van der Waals surface area (Å²) in [6.45, 7) is 0.100. The van der Waals surface area contributed by atoms with Crippen LogP contribution in [0.2, 0.25) is 0 Å². The Morgan fingerprint density at radius 2 is 2.06 bits per heavy atom. The van der Waals surface area contributed by atoms with Crippen LogP contribution >= 0.6 is 22.4 Å². The minimum atomic E-state index is -4.26. The van der Waals surface area contributed by atoms with Crippen LogP contribution in [0, 0.1) is 11.6 Å². The molecule has 96 valence electrons. The van der Waals surface area contributed by atoms with Crippen LogP contribution in [-0.2, 0) is 9.05 Å². The largest absolute Gasteiger partial charge is 0.488 e. The Labute approximate surface area is 107 Å². The van der Waals surface area contributed by atoms with Gasteiger partial charge in [0.25, 0.3) is 9.05 Å². The van der Waals surface area contributed by atoms with E-state index in [2.05, 4.69) is 0 Å². The molecule has 0 N–H and O–H groups in total. The fourth-order valence-electron chi connectivity index (χ4n) is 1.08. The van der Waals surface area contributed by atoms with Gasteiger partial charge in [0, 0.05) is 22.5 Å². The molecule has 0 spiro atoms. The molecular weight excluding hydrogens is 294 g/mol. The van der Waals surface area contributed by atoms with Gasteiger partial charge in [0.1, 0.15) is 10.7 Å². The zero-order valence-corrected chi connectivity index (χ0v) is 11.1. The molecule has 0 aliphatic carbocycles. The van der Waals surface area contributed by atoms with Gasteiger partial charge < -0.3 is 4.74 Å². The topological polar surface area (TPSA) is 43.4 Å². The molecule has 0 bridgehead atoms. The second-order valence-corrected chi connectivity index (χ2v) is 6.51. The van der Waals surface area contributed by atoms with E-state index in [1.807, 2.05) is 6.26 Å². The lowest BCUT2D eigenvalue weighted by Crippen LogP contribution is -2.06. The van der Waals surface area contributed by atoms with Crippen molar-refractivity contribution in [3.05, 3.63) is 23.8 Å². The number of hydrogen-bond acceptors (Lipinski definition) is 4. The zero-order valence-electron chi connectivity index (χ0n) is 8.74. The Balaban J connectivity index is 3.17. The number of hydrogen-bond donors (Lipinski definition) is 0. The summed E-state index contributed by atoms with van der Waals surface area (Å²) in [5.74, 6) is -2.13. The first kappa shape index (κ1) is 14.5. The molecule has 3 nitrogen and oxygen atoms in total. The maximum atomic E-state index is 13.4. The monoisotopic (exact) mass is 302 g/mol. The molecule has 0 unspecified atom stereocenters. The molecule has 0 saturated carbocycles. The Hall–Kier alpha value is -0.530. The van der Waals surface area contributed by atoms with Gasteiger partial charge in [0.15, 0.2) is 11.6 Å². The SMILES string of the molecule is CSCCOc1c(F)cc(F)cc1S(=O)(=O)Cl. The molecule has 0 aliphatic rings. The van der Waals surface area contributed by atoms with Crippen LogP contribution in [-0.4, -0.2) is 27.0 Å². The highest BCUT2D eigenvalue weighted by atomic mass is 35.7. The van der Waals surface area contributed by atoms with Gasteiger partial charge in [-0.2, -0.15) is 11.8 Å². The molecule has 0 radical (unpaired) electrons. The van der Waals surface area contributed by atoms with Crippen LogP contribution in [0.4, 0.5) is 8.78 Å². The molecule has 0 heterocycles. The minimum absolute atomic E-state index is 0.100. The van der Waals surface area contributed by atoms with Crippen molar-refractivity contribution in [2.24, 2.45) is 0 Å². The van der Waals surface area contributed by atoms with Gasteiger partial charge in [-0.25, -0.2) is 17.2 Å². The molecule has 1 aromatic rings. The van der Waals surface area contributed by atoms with E-state index in [1.54, 1.807) is 0 Å². The third kappa shape index (κ3) is 4.01. The first-order valence-corrected chi connectivity index (χ1v) is 8.12. The van der Waals surface area contributed by atoms with E-state index >= 15 is 0 Å². The number of benzene rings is 1. The molecule has 17 heavy (non-hydrogen) atoms. The predicted molar refractivity (Wildman–Crippen MR) is 63.3 cm³/mol. The van der Waals surface area contributed by atoms with Crippen molar-refractivity contribution in [1.82, 2.24) is 0 Å². The summed E-state index contributed by atoms with van der Waals surface area (Å²) in [6, 6.07) is 1.17. The van der Waals surface area contributed by atoms with Crippen LogP contribution in [0.15, 0.2) is 17.0 Å². The smallest absolute Gasteiger partial charge is 0.265 e. The highest BCUT2D eigenvalue weighted by Crippen LogP contribution is 2.30. The standard InChI is InChI=1S/C9H9ClF2O3S2/c1-16-3-2-15-9-7(12)4-6(11)5-8(9)17(10,13)14/h4-5H,2-3H2,1H3. The maximum absolute atomic E-state index is 13.4. The third-order valence-electron chi connectivity index (χ3n) is 1.77. The second-order valence-electron chi connectivity index (χ2n) is 2.99. The van der Waals surface area contributed by atoms with Gasteiger partial charge in [-0.1, -0.05) is 0 Å². The maximum Gasteiger partial charge on any atom is 0.265 e. The number of thioether (sulfide) groups is 1. The van der Waals surface area contributed by atoms with Crippen LogP contribution in [0.25, 0.3) is 0 Å². The second kappa shape index (κ2) is 5.88. The fraction of sp³-hybridized carbons (Fsp3) is 0.333. The van der Waals surface area contributed by atoms with Gasteiger partial charge in [0.05, 0.1) is 6.61 Å². The van der Waals surface area contributed by atoms with E-state index in [9.17, 15) is 17.2 Å². The van der Waals surface area contributed by atoms with Crippen molar-refractivity contribution in [3.63, 3.8) is 0 Å². The highest BCUT2D eigenvalue weighted by Gasteiger charge is 2.22. The summed E-state index contributed by atoms with van der Waals surface area (Å²) < 4.78 is 53.5. The first-order chi connectivity index (χ1) is 7.86. The molecule has 0 atom stereocenters. The Bertz CT molecular complexity index is 505. The van der Waals surface area contributed by atoms with Crippen molar-refractivity contribution in [2.45, 2.75) is 4.90 Å². The Morgan fingerprint density at radius 3 is 2.59 bits per heavy atom. The lowest BCUT2D eigenvalue weighted by atomic mass is 10.3. The van der Waals surface area contributed by atoms with Crippen LogP contribution in [0.3, 0.4) is 0 Å². The summed E-state index contributed by atoms with van der Waals surface area (Å²) in [7, 11) is 0.819. The third-order valence-corrected chi connectivity index (χ3v) is 3.67. The van der Waals surface area contributed by atoms with Crippen molar-refractivity contribution in [3.8, 4) is 5.75 Å². The summed E-state index contributed by atoms with van der Waals surface area (Å²) in [5, 5.41) is 0. The predicted octanol–water partition coefficient (Wildman–Crippen LogP) is 2.63. The van der Waals surface area contributed by atoms with Gasteiger partial charge in [0.2, 0.25) is 0 Å². The first-order valence-electron chi connectivity index (χ1n) is 4.41. The summed E-state index contributed by atoms with van der Waals surface area (Å²) in [5.41, 5.74) is 0. The number of halogens is 3. The molecule has 0 aliphatic heterocycles. The van der Waals surface area contributed by atoms with Crippen molar-refractivity contribution in [2.75, 3.05) is 18.6 Å². The quantitative estimate of drug-likeness (QED) is 0.619. The molecule has 0 saturated heterocycles. The highest BCUT2D eigenvalue weighted by molar-refractivity contribution is 8.13. The van der Waals surface area contributed by atoms with E-state index in [0.717, 1.165) is 0 Å². The van der Waals surface area contributed by atoms with Gasteiger partial charge >= 0.3 is 0 Å². The van der Waals surface area contributed by atoms with Crippen molar-refractivity contribution in [1.29, 1.82) is 0 Å². The summed E-state index contributed by atoms with van der Waals surface area (Å²) in [6.07, 6.45) is 1.81. The summed E-state index contributed by atoms with van der Waals surface area (Å²) in [4.78, 5) is -0.697. The minimum Gasteiger partial charge on any atom is -0.488 e. The Morgan fingerprint density at radius 1 is 1.41 bits per heavy atom. The number of ether oxygens (including phenoxy) is 1. The molecule has 0 fully saturated rings. The average Bonchev–Trinajstić information content (AvgIpc) is 2.19. The number of rotatable bonds is 5. The van der Waals surface area contributed by atoms with E-state index in [4.69, 9.17) is 15.4 Å². The van der Waals surface area contributed by atoms with Crippen LogP contribution in [0.1, 0.15) is 0 Å². The van der Waals surface area contributed by atoms with E-state index in [0.29, 0.717) is 17.9 Å². The van der Waals surface area contributed by atoms with Crippen molar-refractivity contribution < 1.29 is 21.9 Å². The Kier molecular flexibility index (Phi) is 5.03. The molecule has 8 heteroatoms. The average molecular weight is 303 g/mol. The summed E-state index contributed by atoms with van der Waals surface area (Å²) >= 11 is 1.44. The van der Waals surface area contributed by atoms with Crippen LogP contribution in [0.5, 0.6) is 5.75 Å². The molecule has 1 aromatic carbocycles. The normalized spacial score (nSPS) is 11.5. The molecular formula is C9H9ClF2O3S2. The van der Waals surface area contributed by atoms with E-state index < -0.39 is 31.3 Å². The molecule has 0 amide bonds. The molecule has 1 rings (SSSR count). The fourth-order valence-corrected chi connectivity index (χ4v) is 2.31. The van der Waals surface area contributed by atoms with Gasteiger partial charge in [-0.15, -0.1) is 0 Å². The lowest BCUT2D eigenvalue weighted by Gasteiger charge is -2.10. The van der Waals surface area contributed by atoms with Crippen molar-refractivity contribution >= 4 is 31.5 Å². The zero-order chi connectivity index (χ0) is 13.1. The lowest BCUT2D eigenvalue weighted by molar-refractivity contribution is 0.313. The van der Waals surface area contributed by atoms with E-state index in [-0.39, 0.29) is 6.61 Å².